The second-order valence-corrected chi connectivity index (χ2v) is 7.23. The number of benzene rings is 1. The van der Waals surface area contributed by atoms with Crippen LogP contribution in [0.1, 0.15) is 15.4 Å². The first-order valence-electron chi connectivity index (χ1n) is 6.87. The molecule has 0 aliphatic heterocycles. The van der Waals surface area contributed by atoms with Gasteiger partial charge >= 0.3 is 0 Å². The second kappa shape index (κ2) is 7.03. The highest BCUT2D eigenvalue weighted by atomic mass is 35.5. The molecule has 3 aromatic rings. The number of carbonyl (C=O) groups is 1. The van der Waals surface area contributed by atoms with Crippen molar-refractivity contribution in [3.05, 3.63) is 57.0 Å². The number of halogens is 2. The Labute approximate surface area is 157 Å². The molecular weight excluding hydrogens is 385 g/mol. The van der Waals surface area contributed by atoms with Crippen molar-refractivity contribution in [2.24, 2.45) is 0 Å². The third kappa shape index (κ3) is 3.67. The van der Waals surface area contributed by atoms with Crippen LogP contribution in [0.4, 0.5) is 5.82 Å². The first-order valence-corrected chi connectivity index (χ1v) is 8.85. The van der Waals surface area contributed by atoms with E-state index in [1.54, 1.807) is 24.3 Å². The van der Waals surface area contributed by atoms with Crippen LogP contribution < -0.4 is 10.6 Å². The number of carbonyl (C=O) groups excluding carboxylic acids is 1. The SMILES string of the molecule is Cc1cccc(NC(=S)NC(=O)c2sc3cc(Cl)ccc3c2Cl)n1. The van der Waals surface area contributed by atoms with E-state index in [-0.39, 0.29) is 11.0 Å². The van der Waals surface area contributed by atoms with Gasteiger partial charge in [0.2, 0.25) is 0 Å². The zero-order valence-corrected chi connectivity index (χ0v) is 15.5. The Bertz CT molecular complexity index is 956. The topological polar surface area (TPSA) is 54.0 Å². The maximum Gasteiger partial charge on any atom is 0.269 e. The lowest BCUT2D eigenvalue weighted by atomic mass is 10.2. The molecule has 24 heavy (non-hydrogen) atoms. The molecule has 4 nitrogen and oxygen atoms in total. The summed E-state index contributed by atoms with van der Waals surface area (Å²) in [5, 5.41) is 7.42. The Morgan fingerprint density at radius 3 is 2.79 bits per heavy atom. The van der Waals surface area contributed by atoms with Gasteiger partial charge in [0.05, 0.1) is 5.02 Å². The van der Waals surface area contributed by atoms with Crippen molar-refractivity contribution in [3.63, 3.8) is 0 Å². The average Bonchev–Trinajstić information content (AvgIpc) is 2.83. The molecule has 0 bridgehead atoms. The minimum atomic E-state index is -0.373. The number of nitrogens with zero attached hydrogens (tertiary/aromatic N) is 1. The number of thiophene rings is 1. The zero-order valence-electron chi connectivity index (χ0n) is 12.4. The summed E-state index contributed by atoms with van der Waals surface area (Å²) in [6.07, 6.45) is 0. The Morgan fingerprint density at radius 1 is 1.25 bits per heavy atom. The van der Waals surface area contributed by atoms with Gasteiger partial charge < -0.3 is 5.32 Å². The van der Waals surface area contributed by atoms with E-state index in [1.807, 2.05) is 19.1 Å². The number of rotatable bonds is 2. The fourth-order valence-corrected chi connectivity index (χ4v) is 3.99. The largest absolute Gasteiger partial charge is 0.317 e. The molecule has 122 valence electrons. The summed E-state index contributed by atoms with van der Waals surface area (Å²) in [6, 6.07) is 10.8. The number of nitrogens with one attached hydrogen (secondary N) is 2. The first kappa shape index (κ1) is 17.1. The summed E-state index contributed by atoms with van der Waals surface area (Å²) in [7, 11) is 0. The van der Waals surface area contributed by atoms with Crippen LogP contribution in [0.25, 0.3) is 10.1 Å². The van der Waals surface area contributed by atoms with Gasteiger partial charge in [0, 0.05) is 20.8 Å². The van der Waals surface area contributed by atoms with Gasteiger partial charge in [-0.2, -0.15) is 0 Å². The summed E-state index contributed by atoms with van der Waals surface area (Å²) in [5.41, 5.74) is 0.846. The number of hydrogen-bond acceptors (Lipinski definition) is 4. The number of anilines is 1. The summed E-state index contributed by atoms with van der Waals surface area (Å²) in [5.74, 6) is 0.192. The van der Waals surface area contributed by atoms with Crippen molar-refractivity contribution < 1.29 is 4.79 Å². The lowest BCUT2D eigenvalue weighted by Gasteiger charge is -2.08. The third-order valence-electron chi connectivity index (χ3n) is 3.15. The van der Waals surface area contributed by atoms with Gasteiger partial charge in [-0.05, 0) is 43.4 Å². The molecular formula is C16H11Cl2N3OS2. The number of fused-ring (bicyclic) bond motifs is 1. The molecule has 3 rings (SSSR count). The van der Waals surface area contributed by atoms with Crippen molar-refractivity contribution in [2.45, 2.75) is 6.92 Å². The van der Waals surface area contributed by atoms with E-state index >= 15 is 0 Å². The molecule has 0 spiro atoms. The Balaban J connectivity index is 1.77. The highest BCUT2D eigenvalue weighted by Gasteiger charge is 2.18. The van der Waals surface area contributed by atoms with Crippen LogP contribution in [0.15, 0.2) is 36.4 Å². The van der Waals surface area contributed by atoms with Crippen LogP contribution in [-0.4, -0.2) is 16.0 Å². The van der Waals surface area contributed by atoms with Gasteiger partial charge in [0.15, 0.2) is 5.11 Å². The van der Waals surface area contributed by atoms with Crippen molar-refractivity contribution in [1.82, 2.24) is 10.3 Å². The minimum absolute atomic E-state index is 0.157. The molecule has 0 unspecified atom stereocenters. The zero-order chi connectivity index (χ0) is 17.3. The molecule has 2 N–H and O–H groups in total. The first-order chi connectivity index (χ1) is 11.4. The molecule has 0 radical (unpaired) electrons. The predicted octanol–water partition coefficient (Wildman–Crippen LogP) is 5.04. The quantitative estimate of drug-likeness (QED) is 0.596. The smallest absolute Gasteiger partial charge is 0.269 e. The van der Waals surface area contributed by atoms with E-state index in [0.717, 1.165) is 15.8 Å². The number of thiocarbonyl (C=S) groups is 1. The van der Waals surface area contributed by atoms with Crippen LogP contribution in [-0.2, 0) is 0 Å². The van der Waals surface area contributed by atoms with Gasteiger partial charge in [-0.25, -0.2) is 4.98 Å². The van der Waals surface area contributed by atoms with E-state index in [2.05, 4.69) is 15.6 Å². The average molecular weight is 396 g/mol. The van der Waals surface area contributed by atoms with Crippen molar-refractivity contribution in [1.29, 1.82) is 0 Å². The number of aromatic nitrogens is 1. The molecule has 1 amide bonds. The molecule has 0 saturated heterocycles. The van der Waals surface area contributed by atoms with Crippen molar-refractivity contribution in [3.8, 4) is 0 Å². The number of amides is 1. The maximum atomic E-state index is 12.4. The lowest BCUT2D eigenvalue weighted by Crippen LogP contribution is -2.34. The van der Waals surface area contributed by atoms with E-state index in [9.17, 15) is 4.79 Å². The highest BCUT2D eigenvalue weighted by Crippen LogP contribution is 2.36. The van der Waals surface area contributed by atoms with Crippen LogP contribution in [0, 0.1) is 6.92 Å². The van der Waals surface area contributed by atoms with Gasteiger partial charge in [0.25, 0.3) is 5.91 Å². The summed E-state index contributed by atoms with van der Waals surface area (Å²) in [4.78, 5) is 17.1. The molecule has 0 saturated carbocycles. The molecule has 0 fully saturated rings. The minimum Gasteiger partial charge on any atom is -0.317 e. The van der Waals surface area contributed by atoms with E-state index in [1.165, 1.54) is 11.3 Å². The van der Waals surface area contributed by atoms with Gasteiger partial charge in [-0.3, -0.25) is 10.1 Å². The number of pyridine rings is 1. The maximum absolute atomic E-state index is 12.4. The van der Waals surface area contributed by atoms with E-state index in [0.29, 0.717) is 20.7 Å². The third-order valence-corrected chi connectivity index (χ3v) is 5.25. The van der Waals surface area contributed by atoms with Gasteiger partial charge in [-0.15, -0.1) is 11.3 Å². The normalized spacial score (nSPS) is 10.6. The molecule has 0 atom stereocenters. The number of aryl methyl sites for hydroxylation is 1. The van der Waals surface area contributed by atoms with Crippen molar-refractivity contribution >= 4 is 73.7 Å². The van der Waals surface area contributed by atoms with Crippen molar-refractivity contribution in [2.75, 3.05) is 5.32 Å². The Kier molecular flexibility index (Phi) is 5.01. The van der Waals surface area contributed by atoms with E-state index in [4.69, 9.17) is 35.4 Å². The van der Waals surface area contributed by atoms with Gasteiger partial charge in [-0.1, -0.05) is 35.3 Å². The highest BCUT2D eigenvalue weighted by molar-refractivity contribution is 7.80. The molecule has 1 aromatic carbocycles. The molecule has 0 aliphatic carbocycles. The Hall–Kier alpha value is -1.73. The molecule has 2 aromatic heterocycles. The summed E-state index contributed by atoms with van der Waals surface area (Å²) in [6.45, 7) is 1.87. The Morgan fingerprint density at radius 2 is 2.04 bits per heavy atom. The number of hydrogen-bond donors (Lipinski definition) is 2. The fourth-order valence-electron chi connectivity index (χ4n) is 2.11. The summed E-state index contributed by atoms with van der Waals surface area (Å²) < 4.78 is 0.844. The molecule has 2 heterocycles. The molecule has 8 heteroatoms. The molecule has 0 aliphatic rings. The van der Waals surface area contributed by atoms with Crippen LogP contribution in [0.2, 0.25) is 10.0 Å². The fraction of sp³-hybridized carbons (Fsp3) is 0.0625. The van der Waals surface area contributed by atoms with Crippen LogP contribution >= 0.6 is 46.8 Å². The van der Waals surface area contributed by atoms with E-state index < -0.39 is 0 Å². The lowest BCUT2D eigenvalue weighted by molar-refractivity contribution is 0.0982. The second-order valence-electron chi connectivity index (χ2n) is 4.96. The summed E-state index contributed by atoms with van der Waals surface area (Å²) >= 11 is 18.7. The van der Waals surface area contributed by atoms with Crippen LogP contribution in [0.3, 0.4) is 0 Å². The van der Waals surface area contributed by atoms with Gasteiger partial charge in [0.1, 0.15) is 10.7 Å². The standard InChI is InChI=1S/C16H11Cl2N3OS2/c1-8-3-2-4-12(19-8)20-16(23)21-15(22)14-13(18)10-6-5-9(17)7-11(10)24-14/h2-7H,1H3,(H2,19,20,21,22,23). The monoisotopic (exact) mass is 395 g/mol. The van der Waals surface area contributed by atoms with Crippen LogP contribution in [0.5, 0.6) is 0 Å². The predicted molar refractivity (Wildman–Crippen MR) is 105 cm³/mol.